The van der Waals surface area contributed by atoms with E-state index in [1.165, 1.54) is 18.9 Å². The predicted molar refractivity (Wildman–Crippen MR) is 151 cm³/mol. The summed E-state index contributed by atoms with van der Waals surface area (Å²) in [5.41, 5.74) is 3.87. The maximum atomic E-state index is 12.9. The Morgan fingerprint density at radius 2 is 1.95 bits per heavy atom. The summed E-state index contributed by atoms with van der Waals surface area (Å²) in [6, 6.07) is 16.6. The third-order valence-electron chi connectivity index (χ3n) is 8.09. The van der Waals surface area contributed by atoms with Crippen molar-refractivity contribution >= 4 is 32.5 Å². The molecule has 10 heteroatoms. The number of fused-ring (bicyclic) bond motifs is 3. The Kier molecular flexibility index (Phi) is 6.24. The van der Waals surface area contributed by atoms with Crippen LogP contribution in [0.15, 0.2) is 65.7 Å². The number of anilines is 1. The number of amides is 1. The molecule has 9 nitrogen and oxygen atoms in total. The monoisotopic (exact) mass is 555 g/mol. The van der Waals surface area contributed by atoms with Crippen LogP contribution in [0.3, 0.4) is 0 Å². The van der Waals surface area contributed by atoms with Gasteiger partial charge in [-0.25, -0.2) is 18.4 Å². The third-order valence-corrected chi connectivity index (χ3v) is 9.85. The number of aromatic nitrogens is 3. The molecule has 3 aliphatic rings. The van der Waals surface area contributed by atoms with Crippen LogP contribution in [0.4, 0.5) is 5.82 Å². The van der Waals surface area contributed by atoms with Crippen LogP contribution in [0, 0.1) is 11.8 Å². The number of pyridine rings is 3. The predicted octanol–water partition coefficient (Wildman–Crippen LogP) is 3.77. The van der Waals surface area contributed by atoms with Gasteiger partial charge in [0.25, 0.3) is 5.91 Å². The molecule has 1 saturated carbocycles. The number of hydrogen-bond donors (Lipinski definition) is 1. The van der Waals surface area contributed by atoms with Crippen molar-refractivity contribution in [1.29, 1.82) is 0 Å². The number of ether oxygens (including phenoxy) is 1. The topological polar surface area (TPSA) is 114 Å². The Balaban J connectivity index is 1.08. The minimum atomic E-state index is -3.50. The largest absolute Gasteiger partial charge is 0.376 e. The molecule has 1 amide bonds. The molecule has 0 bridgehead atoms. The lowest BCUT2D eigenvalue weighted by Crippen LogP contribution is -2.31. The Morgan fingerprint density at radius 3 is 2.85 bits per heavy atom. The van der Waals surface area contributed by atoms with E-state index in [-0.39, 0.29) is 41.9 Å². The molecule has 0 radical (unpaired) electrons. The van der Waals surface area contributed by atoms with Gasteiger partial charge in [0.1, 0.15) is 5.82 Å². The average molecular weight is 556 g/mol. The molecule has 0 unspecified atom stereocenters. The molecule has 1 saturated heterocycles. The molecule has 1 N–H and O–H groups in total. The highest BCUT2D eigenvalue weighted by atomic mass is 32.2. The van der Waals surface area contributed by atoms with Gasteiger partial charge in [-0.15, -0.1) is 0 Å². The average Bonchev–Trinajstić information content (AvgIpc) is 3.78. The summed E-state index contributed by atoms with van der Waals surface area (Å²) in [4.78, 5) is 29.7. The highest BCUT2D eigenvalue weighted by Gasteiger charge is 2.41. The zero-order valence-corrected chi connectivity index (χ0v) is 22.7. The van der Waals surface area contributed by atoms with Gasteiger partial charge in [0.05, 0.1) is 53.0 Å². The molecular weight excluding hydrogens is 526 g/mol. The Morgan fingerprint density at radius 1 is 1.05 bits per heavy atom. The van der Waals surface area contributed by atoms with Gasteiger partial charge in [-0.2, -0.15) is 0 Å². The van der Waals surface area contributed by atoms with Crippen molar-refractivity contribution in [2.45, 2.75) is 30.9 Å². The Bertz CT molecular complexity index is 1740. The van der Waals surface area contributed by atoms with E-state index in [1.807, 2.05) is 30.3 Å². The van der Waals surface area contributed by atoms with E-state index in [0.717, 1.165) is 53.0 Å². The normalized spacial score (nSPS) is 21.2. The second-order valence-electron chi connectivity index (χ2n) is 10.8. The first kappa shape index (κ1) is 25.1. The standard InChI is InChI=1S/C30H29N5O4S/c36-30(20-4-5-22-18-39-10-11-40(37,38)28(22)13-20)32-16-24-14-27-21(15-31-24)6-7-26(33-27)25-2-1-3-29(34-25)35-9-8-19-12-23(19)17-35/h1-7,13-15,19,23H,8-12,16-18H2,(H,32,36)/t19-,23-/m1/s1. The first-order valence-electron chi connectivity index (χ1n) is 13.6. The molecule has 0 spiro atoms. The van der Waals surface area contributed by atoms with Crippen molar-refractivity contribution < 1.29 is 17.9 Å². The zero-order valence-electron chi connectivity index (χ0n) is 21.9. The molecule has 5 heterocycles. The molecule has 2 fully saturated rings. The van der Waals surface area contributed by atoms with Crippen LogP contribution >= 0.6 is 0 Å². The molecule has 7 rings (SSSR count). The number of rotatable bonds is 5. The quantitative estimate of drug-likeness (QED) is 0.396. The zero-order chi connectivity index (χ0) is 27.3. The van der Waals surface area contributed by atoms with Crippen molar-refractivity contribution in [3.05, 3.63) is 77.6 Å². The van der Waals surface area contributed by atoms with Gasteiger partial charge in [0.2, 0.25) is 0 Å². The van der Waals surface area contributed by atoms with Crippen molar-refractivity contribution in [2.24, 2.45) is 11.8 Å². The van der Waals surface area contributed by atoms with Gasteiger partial charge in [-0.3, -0.25) is 9.78 Å². The van der Waals surface area contributed by atoms with Crippen LogP contribution in [0.2, 0.25) is 0 Å². The van der Waals surface area contributed by atoms with Gasteiger partial charge in [0, 0.05) is 30.2 Å². The minimum Gasteiger partial charge on any atom is -0.376 e. The van der Waals surface area contributed by atoms with Crippen LogP contribution in [0.1, 0.15) is 34.5 Å². The molecule has 1 aromatic carbocycles. The number of hydrogen-bond acceptors (Lipinski definition) is 8. The summed E-state index contributed by atoms with van der Waals surface area (Å²) in [5.74, 6) is 2.27. The van der Waals surface area contributed by atoms with Gasteiger partial charge < -0.3 is 15.0 Å². The molecular formula is C30H29N5O4S. The lowest BCUT2D eigenvalue weighted by atomic mass is 10.1. The van der Waals surface area contributed by atoms with Gasteiger partial charge in [0.15, 0.2) is 9.84 Å². The van der Waals surface area contributed by atoms with E-state index in [4.69, 9.17) is 14.7 Å². The van der Waals surface area contributed by atoms with E-state index in [9.17, 15) is 13.2 Å². The lowest BCUT2D eigenvalue weighted by molar-refractivity contribution is 0.0950. The van der Waals surface area contributed by atoms with Crippen molar-refractivity contribution in [3.8, 4) is 11.4 Å². The number of benzene rings is 1. The first-order chi connectivity index (χ1) is 19.4. The highest BCUT2D eigenvalue weighted by molar-refractivity contribution is 7.91. The summed E-state index contributed by atoms with van der Waals surface area (Å²) in [6.07, 6.45) is 4.34. The highest BCUT2D eigenvalue weighted by Crippen LogP contribution is 2.45. The lowest BCUT2D eigenvalue weighted by Gasteiger charge is -2.27. The summed E-state index contributed by atoms with van der Waals surface area (Å²) < 4.78 is 30.5. The number of piperidine rings is 1. The Hall–Kier alpha value is -3.89. The van der Waals surface area contributed by atoms with Crippen molar-refractivity contribution in [3.63, 3.8) is 0 Å². The summed E-state index contributed by atoms with van der Waals surface area (Å²) in [7, 11) is -3.50. The molecule has 2 atom stereocenters. The summed E-state index contributed by atoms with van der Waals surface area (Å²) in [6.45, 7) is 2.68. The fourth-order valence-corrected chi connectivity index (χ4v) is 7.06. The van der Waals surface area contributed by atoms with Crippen LogP contribution in [-0.4, -0.2) is 54.7 Å². The van der Waals surface area contributed by atoms with E-state index in [1.54, 1.807) is 18.3 Å². The fourth-order valence-electron chi connectivity index (χ4n) is 5.67. The molecule has 3 aromatic heterocycles. The molecule has 1 aliphatic carbocycles. The van der Waals surface area contributed by atoms with Gasteiger partial charge in [-0.05, 0) is 72.7 Å². The van der Waals surface area contributed by atoms with Crippen LogP contribution in [0.25, 0.3) is 22.3 Å². The number of carbonyl (C=O) groups is 1. The smallest absolute Gasteiger partial charge is 0.251 e. The summed E-state index contributed by atoms with van der Waals surface area (Å²) in [5, 5.41) is 3.75. The van der Waals surface area contributed by atoms with Gasteiger partial charge >= 0.3 is 0 Å². The van der Waals surface area contributed by atoms with Crippen molar-refractivity contribution in [2.75, 3.05) is 30.3 Å². The number of nitrogens with one attached hydrogen (secondary N) is 1. The second-order valence-corrected chi connectivity index (χ2v) is 12.9. The Labute approximate surface area is 232 Å². The maximum Gasteiger partial charge on any atom is 0.251 e. The van der Waals surface area contributed by atoms with Gasteiger partial charge in [-0.1, -0.05) is 12.1 Å². The van der Waals surface area contributed by atoms with Crippen LogP contribution < -0.4 is 10.2 Å². The van der Waals surface area contributed by atoms with Crippen molar-refractivity contribution in [1.82, 2.24) is 20.3 Å². The summed E-state index contributed by atoms with van der Waals surface area (Å²) >= 11 is 0. The number of carbonyl (C=O) groups excluding carboxylic acids is 1. The molecule has 4 aromatic rings. The number of sulfone groups is 1. The fraction of sp³-hybridized carbons (Fsp3) is 0.333. The molecule has 204 valence electrons. The molecule has 2 aliphatic heterocycles. The maximum absolute atomic E-state index is 12.9. The van der Waals surface area contributed by atoms with Crippen LogP contribution in [0.5, 0.6) is 0 Å². The van der Waals surface area contributed by atoms with E-state index in [0.29, 0.717) is 11.3 Å². The van der Waals surface area contributed by atoms with E-state index >= 15 is 0 Å². The SMILES string of the molecule is O=C(NCc1cc2nc(-c3cccc(N4CC[C@@H]5C[C@@H]5C4)n3)ccc2cn1)c1ccc2c(c1)S(=O)(=O)CCOC2. The third kappa shape index (κ3) is 4.93. The molecule has 40 heavy (non-hydrogen) atoms. The number of nitrogens with zero attached hydrogens (tertiary/aromatic N) is 4. The van der Waals surface area contributed by atoms with E-state index in [2.05, 4.69) is 21.3 Å². The van der Waals surface area contributed by atoms with E-state index < -0.39 is 9.84 Å². The first-order valence-corrected chi connectivity index (χ1v) is 15.3. The second kappa shape index (κ2) is 9.94. The van der Waals surface area contributed by atoms with Crippen LogP contribution in [-0.2, 0) is 27.7 Å². The minimum absolute atomic E-state index is 0.0972.